The van der Waals surface area contributed by atoms with E-state index in [2.05, 4.69) is 17.2 Å². The highest BCUT2D eigenvalue weighted by Gasteiger charge is 2.23. The number of amides is 1. The van der Waals surface area contributed by atoms with Gasteiger partial charge in [-0.05, 0) is 25.0 Å². The Morgan fingerprint density at radius 1 is 1.40 bits per heavy atom. The number of rotatable bonds is 4. The average Bonchev–Trinajstić information content (AvgIpc) is 2.37. The molecule has 0 saturated carbocycles. The van der Waals surface area contributed by atoms with Crippen LogP contribution in [-0.2, 0) is 21.4 Å². The molecule has 20 heavy (non-hydrogen) atoms. The molecule has 0 saturated heterocycles. The van der Waals surface area contributed by atoms with Crippen LogP contribution in [0.1, 0.15) is 12.5 Å². The van der Waals surface area contributed by atoms with Crippen LogP contribution >= 0.6 is 0 Å². The second kappa shape index (κ2) is 6.50. The van der Waals surface area contributed by atoms with Crippen molar-refractivity contribution in [2.45, 2.75) is 18.4 Å². The molecule has 0 atom stereocenters. The normalized spacial score (nSPS) is 10.8. The van der Waals surface area contributed by atoms with E-state index < -0.39 is 21.7 Å². The highest BCUT2D eigenvalue weighted by Crippen LogP contribution is 2.21. The lowest BCUT2D eigenvalue weighted by Gasteiger charge is -2.15. The molecule has 0 fully saturated rings. The van der Waals surface area contributed by atoms with Gasteiger partial charge in [0.15, 0.2) is 0 Å². The van der Waals surface area contributed by atoms with Gasteiger partial charge in [-0.25, -0.2) is 17.1 Å². The van der Waals surface area contributed by atoms with Crippen molar-refractivity contribution in [3.63, 3.8) is 0 Å². The van der Waals surface area contributed by atoms with Gasteiger partial charge in [0, 0.05) is 26.2 Å². The lowest BCUT2D eigenvalue weighted by atomic mass is 10.2. The van der Waals surface area contributed by atoms with E-state index in [9.17, 15) is 17.6 Å². The summed E-state index contributed by atoms with van der Waals surface area (Å²) in [5.41, 5.74) is -0.0903. The summed E-state index contributed by atoms with van der Waals surface area (Å²) in [5, 5.41) is 2.36. The second-order valence-electron chi connectivity index (χ2n) is 4.06. The van der Waals surface area contributed by atoms with Gasteiger partial charge in [0.05, 0.1) is 4.90 Å². The number of halogens is 1. The van der Waals surface area contributed by atoms with Gasteiger partial charge in [0.25, 0.3) is 5.91 Å². The summed E-state index contributed by atoms with van der Waals surface area (Å²) in [6, 6.07) is 3.75. The SMILES string of the molecule is CC#CC(=O)NCc1c(F)cccc1S(=O)(=O)N(C)C. The molecular formula is C13H15FN2O3S. The fraction of sp³-hybridized carbons (Fsp3) is 0.308. The molecule has 0 aliphatic heterocycles. The Morgan fingerprint density at radius 2 is 2.05 bits per heavy atom. The third kappa shape index (κ3) is 3.56. The molecule has 0 aromatic heterocycles. The molecule has 7 heteroatoms. The molecule has 0 aliphatic carbocycles. The van der Waals surface area contributed by atoms with E-state index in [1.54, 1.807) is 0 Å². The van der Waals surface area contributed by atoms with Crippen molar-refractivity contribution in [2.24, 2.45) is 0 Å². The molecule has 0 radical (unpaired) electrons. The van der Waals surface area contributed by atoms with E-state index in [1.807, 2.05) is 0 Å². The van der Waals surface area contributed by atoms with Gasteiger partial charge < -0.3 is 5.32 Å². The zero-order valence-corrected chi connectivity index (χ0v) is 12.2. The number of carbonyl (C=O) groups excluding carboxylic acids is 1. The Kier molecular flexibility index (Phi) is 5.25. The molecule has 0 unspecified atom stereocenters. The molecule has 0 spiro atoms. The minimum Gasteiger partial charge on any atom is -0.341 e. The van der Waals surface area contributed by atoms with Crippen molar-refractivity contribution in [2.75, 3.05) is 14.1 Å². The summed E-state index contributed by atoms with van der Waals surface area (Å²) in [4.78, 5) is 11.1. The summed E-state index contributed by atoms with van der Waals surface area (Å²) >= 11 is 0. The molecular weight excluding hydrogens is 283 g/mol. The first-order valence-electron chi connectivity index (χ1n) is 5.71. The molecule has 0 aliphatic rings. The van der Waals surface area contributed by atoms with Crippen LogP contribution in [-0.4, -0.2) is 32.7 Å². The minimum absolute atomic E-state index is 0.0903. The fourth-order valence-corrected chi connectivity index (χ4v) is 2.60. The van der Waals surface area contributed by atoms with Crippen LogP contribution in [0, 0.1) is 17.7 Å². The number of nitrogens with one attached hydrogen (secondary N) is 1. The predicted octanol–water partition coefficient (Wildman–Crippen LogP) is 0.716. The number of hydrogen-bond acceptors (Lipinski definition) is 3. The average molecular weight is 298 g/mol. The molecule has 5 nitrogen and oxygen atoms in total. The molecule has 1 N–H and O–H groups in total. The maximum atomic E-state index is 13.8. The topological polar surface area (TPSA) is 66.5 Å². The number of sulfonamides is 1. The van der Waals surface area contributed by atoms with Gasteiger partial charge in [0.1, 0.15) is 5.82 Å². The molecule has 1 aromatic rings. The summed E-state index contributed by atoms with van der Waals surface area (Å²) in [7, 11) is -1.08. The van der Waals surface area contributed by atoms with Crippen molar-refractivity contribution in [3.8, 4) is 11.8 Å². The summed E-state index contributed by atoms with van der Waals surface area (Å²) < 4.78 is 39.0. The van der Waals surface area contributed by atoms with Crippen LogP contribution in [0.3, 0.4) is 0 Å². The first kappa shape index (κ1) is 16.1. The molecule has 1 amide bonds. The first-order chi connectivity index (χ1) is 9.30. The van der Waals surface area contributed by atoms with Gasteiger partial charge in [-0.1, -0.05) is 12.0 Å². The van der Waals surface area contributed by atoms with Gasteiger partial charge in [-0.15, -0.1) is 0 Å². The Bertz CT molecular complexity index is 673. The lowest BCUT2D eigenvalue weighted by molar-refractivity contribution is -0.115. The molecule has 0 bridgehead atoms. The van der Waals surface area contributed by atoms with Crippen LogP contribution in [0.25, 0.3) is 0 Å². The minimum atomic E-state index is -3.78. The van der Waals surface area contributed by atoms with E-state index in [-0.39, 0.29) is 17.0 Å². The number of nitrogens with zero attached hydrogens (tertiary/aromatic N) is 1. The maximum Gasteiger partial charge on any atom is 0.296 e. The molecule has 1 aromatic carbocycles. The number of carbonyl (C=O) groups is 1. The monoisotopic (exact) mass is 298 g/mol. The van der Waals surface area contributed by atoms with Crippen molar-refractivity contribution < 1.29 is 17.6 Å². The summed E-state index contributed by atoms with van der Waals surface area (Å²) in [6.07, 6.45) is 0. The van der Waals surface area contributed by atoms with Gasteiger partial charge >= 0.3 is 0 Å². The van der Waals surface area contributed by atoms with Crippen LogP contribution in [0.5, 0.6) is 0 Å². The fourth-order valence-electron chi connectivity index (χ4n) is 1.48. The van der Waals surface area contributed by atoms with E-state index in [0.717, 1.165) is 10.4 Å². The smallest absolute Gasteiger partial charge is 0.296 e. The van der Waals surface area contributed by atoms with Crippen molar-refractivity contribution in [1.29, 1.82) is 0 Å². The van der Waals surface area contributed by atoms with E-state index in [1.165, 1.54) is 33.2 Å². The second-order valence-corrected chi connectivity index (χ2v) is 6.18. The zero-order valence-electron chi connectivity index (χ0n) is 11.4. The van der Waals surface area contributed by atoms with Crippen LogP contribution < -0.4 is 5.32 Å². The number of benzene rings is 1. The Labute approximate surface area is 117 Å². The van der Waals surface area contributed by atoms with Crippen molar-refractivity contribution in [1.82, 2.24) is 9.62 Å². The van der Waals surface area contributed by atoms with Gasteiger partial charge in [-0.3, -0.25) is 4.79 Å². The third-order valence-corrected chi connectivity index (χ3v) is 4.40. The third-order valence-electron chi connectivity index (χ3n) is 2.50. The van der Waals surface area contributed by atoms with Crippen molar-refractivity contribution >= 4 is 15.9 Å². The van der Waals surface area contributed by atoms with Gasteiger partial charge in [-0.2, -0.15) is 0 Å². The highest BCUT2D eigenvalue weighted by molar-refractivity contribution is 7.89. The quantitative estimate of drug-likeness (QED) is 0.833. The zero-order chi connectivity index (χ0) is 15.3. The summed E-state index contributed by atoms with van der Waals surface area (Å²) in [6.45, 7) is 1.24. The van der Waals surface area contributed by atoms with E-state index in [4.69, 9.17) is 0 Å². The van der Waals surface area contributed by atoms with Crippen LogP contribution in [0.15, 0.2) is 23.1 Å². The Balaban J connectivity index is 3.19. The standard InChI is InChI=1S/C13H15FN2O3S/c1-4-6-13(17)15-9-10-11(14)7-5-8-12(10)20(18,19)16(2)3/h5,7-8H,9H2,1-3H3,(H,15,17). The van der Waals surface area contributed by atoms with E-state index >= 15 is 0 Å². The predicted molar refractivity (Wildman–Crippen MR) is 72.6 cm³/mol. The van der Waals surface area contributed by atoms with Crippen LogP contribution in [0.4, 0.5) is 4.39 Å². The van der Waals surface area contributed by atoms with Crippen molar-refractivity contribution in [3.05, 3.63) is 29.6 Å². The van der Waals surface area contributed by atoms with E-state index in [0.29, 0.717) is 0 Å². The molecule has 0 heterocycles. The summed E-state index contributed by atoms with van der Waals surface area (Å²) in [5.74, 6) is 3.34. The Morgan fingerprint density at radius 3 is 2.60 bits per heavy atom. The molecule has 1 rings (SSSR count). The lowest BCUT2D eigenvalue weighted by Crippen LogP contribution is -2.27. The highest BCUT2D eigenvalue weighted by atomic mass is 32.2. The Hall–Kier alpha value is -1.91. The molecule has 108 valence electrons. The van der Waals surface area contributed by atoms with Crippen LogP contribution in [0.2, 0.25) is 0 Å². The number of hydrogen-bond donors (Lipinski definition) is 1. The van der Waals surface area contributed by atoms with Gasteiger partial charge in [0.2, 0.25) is 10.0 Å². The largest absolute Gasteiger partial charge is 0.341 e. The first-order valence-corrected chi connectivity index (χ1v) is 7.15. The maximum absolute atomic E-state index is 13.8.